The van der Waals surface area contributed by atoms with Crippen LogP contribution >= 0.6 is 0 Å². The van der Waals surface area contributed by atoms with Crippen molar-refractivity contribution in [1.82, 2.24) is 4.98 Å². The quantitative estimate of drug-likeness (QED) is 0.654. The average molecular weight is 402 g/mol. The zero-order chi connectivity index (χ0) is 21.7. The molecule has 4 N–H and O–H groups in total. The number of benzene rings is 2. The van der Waals surface area contributed by atoms with E-state index in [1.54, 1.807) is 6.07 Å². The number of fused-ring (bicyclic) bond motifs is 1. The van der Waals surface area contributed by atoms with Crippen LogP contribution in [0.25, 0.3) is 10.9 Å². The van der Waals surface area contributed by atoms with Crippen LogP contribution in [0.15, 0.2) is 60.8 Å². The van der Waals surface area contributed by atoms with Crippen LogP contribution in [-0.4, -0.2) is 29.2 Å². The van der Waals surface area contributed by atoms with Crippen LogP contribution in [0.3, 0.4) is 0 Å². The number of ketones is 1. The lowest BCUT2D eigenvalue weighted by Crippen LogP contribution is -2.43. The van der Waals surface area contributed by atoms with Gasteiger partial charge in [-0.3, -0.25) is 9.78 Å². The Hall–Kier alpha value is -3.28. The summed E-state index contributed by atoms with van der Waals surface area (Å²) in [6, 6.07) is 14.5. The second kappa shape index (κ2) is 8.82. The molecule has 1 heterocycles. The van der Waals surface area contributed by atoms with Crippen LogP contribution in [0.1, 0.15) is 22.3 Å². The van der Waals surface area contributed by atoms with Gasteiger partial charge in [-0.2, -0.15) is 18.4 Å². The van der Waals surface area contributed by atoms with Crippen molar-refractivity contribution in [3.63, 3.8) is 0 Å². The van der Waals surface area contributed by atoms with Crippen molar-refractivity contribution < 1.29 is 28.8 Å². The Kier molecular flexibility index (Phi) is 6.69. The molecule has 5 nitrogen and oxygen atoms in total. The number of carbonyl (C=O) groups excluding carboxylic acids is 1. The number of halogens is 3. The fourth-order valence-electron chi connectivity index (χ4n) is 3.02. The van der Waals surface area contributed by atoms with E-state index in [1.165, 1.54) is 60.8 Å². The van der Waals surface area contributed by atoms with Crippen molar-refractivity contribution in [2.24, 2.45) is 0 Å². The van der Waals surface area contributed by atoms with Gasteiger partial charge in [-0.15, -0.1) is 0 Å². The predicted molar refractivity (Wildman–Crippen MR) is 101 cm³/mol. The van der Waals surface area contributed by atoms with Crippen LogP contribution in [0, 0.1) is 11.3 Å². The summed E-state index contributed by atoms with van der Waals surface area (Å²) in [7, 11) is 1.00. The Morgan fingerprint density at radius 3 is 2.34 bits per heavy atom. The van der Waals surface area contributed by atoms with Gasteiger partial charge < -0.3 is 10.8 Å². The van der Waals surface area contributed by atoms with Crippen molar-refractivity contribution in [3.8, 4) is 6.07 Å². The van der Waals surface area contributed by atoms with Crippen LogP contribution < -0.4 is 5.73 Å². The van der Waals surface area contributed by atoms with E-state index >= 15 is 0 Å². The molecule has 0 spiro atoms. The summed E-state index contributed by atoms with van der Waals surface area (Å²) in [5, 5.41) is 16.8. The normalized spacial score (nSPS) is 13.0. The zero-order valence-electron chi connectivity index (χ0n) is 15.6. The number of rotatable bonds is 4. The molecule has 8 heteroatoms. The number of quaternary nitrogens is 1. The molecule has 29 heavy (non-hydrogen) atoms. The molecular formula is C21H19F3N3O2+. The molecule has 0 saturated heterocycles. The van der Waals surface area contributed by atoms with Crippen molar-refractivity contribution in [3.05, 3.63) is 71.9 Å². The second-order valence-electron chi connectivity index (χ2n) is 6.19. The number of alkyl halides is 3. The lowest BCUT2D eigenvalue weighted by Gasteiger charge is -2.30. The number of nitriles is 1. The summed E-state index contributed by atoms with van der Waals surface area (Å²) in [6.45, 7) is 0. The summed E-state index contributed by atoms with van der Waals surface area (Å²) in [6.07, 6.45) is -4.51. The third-order valence-corrected chi connectivity index (χ3v) is 4.48. The van der Waals surface area contributed by atoms with Crippen LogP contribution in [-0.2, 0) is 5.41 Å². The van der Waals surface area contributed by atoms with Gasteiger partial charge in [0.25, 0.3) is 0 Å². The van der Waals surface area contributed by atoms with E-state index in [9.17, 15) is 23.2 Å². The minimum absolute atomic E-state index is 0.102. The Morgan fingerprint density at radius 1 is 1.10 bits per heavy atom. The van der Waals surface area contributed by atoms with Crippen LogP contribution in [0.4, 0.5) is 18.9 Å². The molecule has 1 unspecified atom stereocenters. The first-order valence-corrected chi connectivity index (χ1v) is 8.51. The third kappa shape index (κ3) is 4.26. The number of hydrogen-bond acceptors (Lipinski definition) is 4. The van der Waals surface area contributed by atoms with Gasteiger partial charge in [0.2, 0.25) is 0 Å². The number of hydrogen-bond donors (Lipinski definition) is 2. The SMILES string of the molecule is CO.N#CC(CC(=O)c1ccc([NH3+])cc1)(c1cccc2ncccc12)C(F)(F)F. The molecular weight excluding hydrogens is 383 g/mol. The average Bonchev–Trinajstić information content (AvgIpc) is 2.72. The van der Waals surface area contributed by atoms with Crippen LogP contribution in [0.5, 0.6) is 0 Å². The number of carbonyl (C=O) groups is 1. The van der Waals surface area contributed by atoms with Crippen molar-refractivity contribution in [2.45, 2.75) is 18.0 Å². The van der Waals surface area contributed by atoms with E-state index in [1.807, 2.05) is 0 Å². The fraction of sp³-hybridized carbons (Fsp3) is 0.190. The van der Waals surface area contributed by atoms with E-state index in [0.717, 1.165) is 7.11 Å². The number of aromatic nitrogens is 1. The number of aliphatic hydroxyl groups is 1. The molecule has 0 radical (unpaired) electrons. The summed E-state index contributed by atoms with van der Waals surface area (Å²) < 4.78 is 42.4. The van der Waals surface area contributed by atoms with Gasteiger partial charge in [-0.05, 0) is 42.0 Å². The summed E-state index contributed by atoms with van der Waals surface area (Å²) in [5.41, 5.74) is 1.49. The molecule has 1 atom stereocenters. The Balaban J connectivity index is 0.00000145. The third-order valence-electron chi connectivity index (χ3n) is 4.48. The predicted octanol–water partition coefficient (Wildman–Crippen LogP) is 3.31. The molecule has 150 valence electrons. The van der Waals surface area contributed by atoms with Crippen molar-refractivity contribution >= 4 is 22.4 Å². The minimum atomic E-state index is -4.95. The first-order chi connectivity index (χ1) is 13.8. The topological polar surface area (TPSA) is 102 Å². The highest BCUT2D eigenvalue weighted by molar-refractivity contribution is 5.98. The van der Waals surface area contributed by atoms with Crippen molar-refractivity contribution in [1.29, 1.82) is 5.26 Å². The van der Waals surface area contributed by atoms with E-state index in [-0.39, 0.29) is 16.5 Å². The van der Waals surface area contributed by atoms with Crippen molar-refractivity contribution in [2.75, 3.05) is 7.11 Å². The highest BCUT2D eigenvalue weighted by Gasteiger charge is 2.58. The first-order valence-electron chi connectivity index (χ1n) is 8.51. The number of aliphatic hydroxyl groups excluding tert-OH is 1. The van der Waals surface area contributed by atoms with E-state index in [4.69, 9.17) is 5.11 Å². The summed E-state index contributed by atoms with van der Waals surface area (Å²) in [5.74, 6) is -0.769. The van der Waals surface area contributed by atoms with Gasteiger partial charge in [-0.1, -0.05) is 18.2 Å². The molecule has 0 aliphatic rings. The lowest BCUT2D eigenvalue weighted by atomic mass is 9.74. The lowest BCUT2D eigenvalue weighted by molar-refractivity contribution is -0.254. The van der Waals surface area contributed by atoms with Gasteiger partial charge >= 0.3 is 6.18 Å². The molecule has 0 aliphatic heterocycles. The maximum Gasteiger partial charge on any atom is 0.411 e. The molecule has 3 rings (SSSR count). The number of pyridine rings is 1. The fourth-order valence-corrected chi connectivity index (χ4v) is 3.02. The molecule has 0 bridgehead atoms. The number of Topliss-reactive ketones (excluding diaryl/α,β-unsaturated/α-hetero) is 1. The Morgan fingerprint density at radius 2 is 1.76 bits per heavy atom. The van der Waals surface area contributed by atoms with Gasteiger partial charge in [-0.25, -0.2) is 0 Å². The molecule has 0 saturated carbocycles. The molecule has 3 aromatic rings. The van der Waals surface area contributed by atoms with E-state index in [0.29, 0.717) is 11.2 Å². The second-order valence-corrected chi connectivity index (χ2v) is 6.19. The van der Waals surface area contributed by atoms with E-state index in [2.05, 4.69) is 10.7 Å². The summed E-state index contributed by atoms with van der Waals surface area (Å²) >= 11 is 0. The zero-order valence-corrected chi connectivity index (χ0v) is 15.6. The minimum Gasteiger partial charge on any atom is -0.400 e. The van der Waals surface area contributed by atoms with Crippen LogP contribution in [0.2, 0.25) is 0 Å². The van der Waals surface area contributed by atoms with E-state index < -0.39 is 23.8 Å². The molecule has 0 fully saturated rings. The van der Waals surface area contributed by atoms with Gasteiger partial charge in [0.05, 0.1) is 11.6 Å². The Bertz CT molecular complexity index is 1040. The highest BCUT2D eigenvalue weighted by atomic mass is 19.4. The molecule has 1 aromatic heterocycles. The van der Waals surface area contributed by atoms with Gasteiger partial charge in [0, 0.05) is 30.7 Å². The standard InChI is InChI=1S/C20H14F3N3O.CH4O/c21-20(22,23)19(12-24,11-18(27)13-6-8-14(25)9-7-13)16-4-1-5-17-15(16)3-2-10-26-17;1-2/h1-10H,11,25H2;2H,1H3/p+1. The largest absolute Gasteiger partial charge is 0.411 e. The highest BCUT2D eigenvalue weighted by Crippen LogP contribution is 2.46. The first kappa shape index (κ1) is 22.0. The summed E-state index contributed by atoms with van der Waals surface area (Å²) in [4.78, 5) is 16.6. The monoisotopic (exact) mass is 402 g/mol. The molecule has 2 aromatic carbocycles. The molecule has 0 amide bonds. The van der Waals surface area contributed by atoms with Gasteiger partial charge in [0.1, 0.15) is 5.69 Å². The maximum absolute atomic E-state index is 14.1. The molecule has 0 aliphatic carbocycles. The van der Waals surface area contributed by atoms with Gasteiger partial charge in [0.15, 0.2) is 11.2 Å². The Labute approximate surface area is 165 Å². The smallest absolute Gasteiger partial charge is 0.400 e. The number of nitrogens with zero attached hydrogens (tertiary/aromatic N) is 2. The maximum atomic E-state index is 14.1.